The number of ether oxygens (including phenoxy) is 2. The zero-order chi connectivity index (χ0) is 15.1. The fourth-order valence-corrected chi connectivity index (χ4v) is 3.06. The van der Waals surface area contributed by atoms with Crippen molar-refractivity contribution in [3.63, 3.8) is 0 Å². The maximum atomic E-state index is 6.21. The van der Waals surface area contributed by atoms with Gasteiger partial charge in [-0.1, -0.05) is 13.8 Å². The second-order valence-corrected chi connectivity index (χ2v) is 6.25. The van der Waals surface area contributed by atoms with Crippen LogP contribution in [0, 0.1) is 0 Å². The average molecular weight is 352 g/mol. The lowest BCUT2D eigenvalue weighted by Gasteiger charge is -2.20. The Morgan fingerprint density at radius 2 is 2.00 bits per heavy atom. The number of nitrogen functional groups attached to an aromatic ring is 1. The van der Waals surface area contributed by atoms with Gasteiger partial charge in [-0.25, -0.2) is 4.98 Å². The van der Waals surface area contributed by atoms with Gasteiger partial charge in [-0.3, -0.25) is 0 Å². The lowest BCUT2D eigenvalue weighted by atomic mass is 10.1. The van der Waals surface area contributed by atoms with E-state index in [9.17, 15) is 0 Å². The molecule has 5 nitrogen and oxygen atoms in total. The zero-order valence-electron chi connectivity index (χ0n) is 12.3. The Labute approximate surface area is 132 Å². The first-order valence-electron chi connectivity index (χ1n) is 6.90. The minimum atomic E-state index is 0.312. The molecule has 0 aliphatic carbocycles. The van der Waals surface area contributed by atoms with Crippen LogP contribution in [0.5, 0.6) is 11.5 Å². The number of halogens is 1. The highest BCUT2D eigenvalue weighted by atomic mass is 79.9. The van der Waals surface area contributed by atoms with Gasteiger partial charge in [0.1, 0.15) is 30.5 Å². The van der Waals surface area contributed by atoms with Gasteiger partial charge in [-0.15, -0.1) is 0 Å². The highest BCUT2D eigenvalue weighted by Crippen LogP contribution is 2.42. The Balaban J connectivity index is 2.13. The second-order valence-electron chi connectivity index (χ2n) is 5.40. The molecular formula is C15H18BrN3O2. The molecule has 0 saturated heterocycles. The fraction of sp³-hybridized carbons (Fsp3) is 0.400. The largest absolute Gasteiger partial charge is 0.486 e. The van der Waals surface area contributed by atoms with E-state index in [1.165, 1.54) is 0 Å². The van der Waals surface area contributed by atoms with E-state index < -0.39 is 0 Å². The van der Waals surface area contributed by atoms with Gasteiger partial charge in [-0.2, -0.15) is 0 Å². The quantitative estimate of drug-likeness (QED) is 0.901. The fourth-order valence-electron chi connectivity index (χ4n) is 2.51. The molecule has 1 aliphatic rings. The van der Waals surface area contributed by atoms with Crippen molar-refractivity contribution in [2.24, 2.45) is 7.05 Å². The van der Waals surface area contributed by atoms with Crippen molar-refractivity contribution in [2.75, 3.05) is 18.9 Å². The van der Waals surface area contributed by atoms with E-state index in [1.54, 1.807) is 0 Å². The average Bonchev–Trinajstić information content (AvgIpc) is 2.75. The predicted octanol–water partition coefficient (Wildman–Crippen LogP) is 3.33. The van der Waals surface area contributed by atoms with E-state index >= 15 is 0 Å². The number of fused-ring (bicyclic) bond motifs is 1. The lowest BCUT2D eigenvalue weighted by molar-refractivity contribution is 0.170. The third-order valence-corrected chi connectivity index (χ3v) is 4.15. The summed E-state index contributed by atoms with van der Waals surface area (Å²) in [7, 11) is 1.94. The van der Waals surface area contributed by atoms with Gasteiger partial charge in [0.2, 0.25) is 0 Å². The van der Waals surface area contributed by atoms with E-state index in [0.717, 1.165) is 33.1 Å². The first-order chi connectivity index (χ1) is 9.99. The number of anilines is 1. The molecule has 112 valence electrons. The van der Waals surface area contributed by atoms with Gasteiger partial charge in [-0.05, 0) is 28.1 Å². The van der Waals surface area contributed by atoms with Crippen molar-refractivity contribution in [2.45, 2.75) is 19.8 Å². The molecule has 0 bridgehead atoms. The minimum Gasteiger partial charge on any atom is -0.486 e. The van der Waals surface area contributed by atoms with Gasteiger partial charge in [0.15, 0.2) is 11.5 Å². The maximum absolute atomic E-state index is 6.21. The topological polar surface area (TPSA) is 62.3 Å². The third kappa shape index (κ3) is 2.37. The summed E-state index contributed by atoms with van der Waals surface area (Å²) in [5, 5.41) is 0. The van der Waals surface area contributed by atoms with Crippen LogP contribution in [0.4, 0.5) is 5.82 Å². The number of aromatic nitrogens is 2. The number of hydrogen-bond donors (Lipinski definition) is 1. The summed E-state index contributed by atoms with van der Waals surface area (Å²) in [4.78, 5) is 4.69. The SMILES string of the molecule is CC(C)c1nc(-c2cc(Br)c3c(c2)OCCO3)c(N)n1C. The molecule has 0 amide bonds. The maximum Gasteiger partial charge on any atom is 0.175 e. The van der Waals surface area contributed by atoms with Crippen LogP contribution in [0.1, 0.15) is 25.6 Å². The van der Waals surface area contributed by atoms with Crippen molar-refractivity contribution in [1.82, 2.24) is 9.55 Å². The Bertz CT molecular complexity index is 695. The van der Waals surface area contributed by atoms with E-state index in [-0.39, 0.29) is 0 Å². The normalized spacial score (nSPS) is 13.8. The molecule has 0 spiro atoms. The number of benzene rings is 1. The second kappa shape index (κ2) is 5.26. The van der Waals surface area contributed by atoms with Crippen molar-refractivity contribution in [3.8, 4) is 22.8 Å². The molecule has 1 aromatic heterocycles. The molecule has 2 aromatic rings. The molecule has 21 heavy (non-hydrogen) atoms. The van der Waals surface area contributed by atoms with Crippen LogP contribution < -0.4 is 15.2 Å². The number of hydrogen-bond acceptors (Lipinski definition) is 4. The minimum absolute atomic E-state index is 0.312. The van der Waals surface area contributed by atoms with Gasteiger partial charge < -0.3 is 19.8 Å². The summed E-state index contributed by atoms with van der Waals surface area (Å²) < 4.78 is 14.1. The molecular weight excluding hydrogens is 334 g/mol. The molecule has 0 fully saturated rings. The molecule has 0 atom stereocenters. The summed E-state index contributed by atoms with van der Waals surface area (Å²) >= 11 is 3.53. The molecule has 0 saturated carbocycles. The van der Waals surface area contributed by atoms with Crippen molar-refractivity contribution in [1.29, 1.82) is 0 Å². The molecule has 3 rings (SSSR count). The molecule has 0 radical (unpaired) electrons. The predicted molar refractivity (Wildman–Crippen MR) is 85.8 cm³/mol. The number of nitrogens with two attached hydrogens (primary N) is 1. The molecule has 1 aliphatic heterocycles. The van der Waals surface area contributed by atoms with Crippen LogP contribution >= 0.6 is 15.9 Å². The van der Waals surface area contributed by atoms with Crippen molar-refractivity contribution >= 4 is 21.7 Å². The molecule has 2 N–H and O–H groups in total. The van der Waals surface area contributed by atoms with Crippen LogP contribution in [0.3, 0.4) is 0 Å². The summed E-state index contributed by atoms with van der Waals surface area (Å²) in [6, 6.07) is 3.90. The van der Waals surface area contributed by atoms with E-state index in [0.29, 0.717) is 24.9 Å². The zero-order valence-corrected chi connectivity index (χ0v) is 13.9. The molecule has 2 heterocycles. The smallest absolute Gasteiger partial charge is 0.175 e. The van der Waals surface area contributed by atoms with Crippen LogP contribution in [-0.4, -0.2) is 22.8 Å². The first kappa shape index (κ1) is 14.3. The van der Waals surface area contributed by atoms with E-state index in [4.69, 9.17) is 15.2 Å². The van der Waals surface area contributed by atoms with Crippen molar-refractivity contribution in [3.05, 3.63) is 22.4 Å². The Hall–Kier alpha value is -1.69. The number of rotatable bonds is 2. The van der Waals surface area contributed by atoms with E-state index in [2.05, 4.69) is 34.8 Å². The number of nitrogens with zero attached hydrogens (tertiary/aromatic N) is 2. The molecule has 6 heteroatoms. The highest BCUT2D eigenvalue weighted by Gasteiger charge is 2.21. The van der Waals surface area contributed by atoms with Gasteiger partial charge in [0.25, 0.3) is 0 Å². The van der Waals surface area contributed by atoms with Gasteiger partial charge in [0.05, 0.1) is 4.47 Å². The molecule has 1 aromatic carbocycles. The Kier molecular flexibility index (Phi) is 3.57. The summed E-state index contributed by atoms with van der Waals surface area (Å²) in [5.41, 5.74) is 7.91. The highest BCUT2D eigenvalue weighted by molar-refractivity contribution is 9.10. The third-order valence-electron chi connectivity index (χ3n) is 3.56. The van der Waals surface area contributed by atoms with Gasteiger partial charge >= 0.3 is 0 Å². The summed E-state index contributed by atoms with van der Waals surface area (Å²) in [6.45, 7) is 5.32. The lowest BCUT2D eigenvalue weighted by Crippen LogP contribution is -2.15. The van der Waals surface area contributed by atoms with Crippen LogP contribution in [0.15, 0.2) is 16.6 Å². The Morgan fingerprint density at radius 1 is 1.29 bits per heavy atom. The van der Waals surface area contributed by atoms with Crippen molar-refractivity contribution < 1.29 is 9.47 Å². The summed E-state index contributed by atoms with van der Waals surface area (Å²) in [5.74, 6) is 3.40. The van der Waals surface area contributed by atoms with Crippen LogP contribution in [0.2, 0.25) is 0 Å². The van der Waals surface area contributed by atoms with E-state index in [1.807, 2.05) is 23.7 Å². The molecule has 0 unspecified atom stereocenters. The standard InChI is InChI=1S/C15H18BrN3O2/c1-8(2)15-18-12(14(17)19(15)3)9-6-10(16)13-11(7-9)20-4-5-21-13/h6-8H,4-5,17H2,1-3H3. The van der Waals surface area contributed by atoms with Crippen LogP contribution in [-0.2, 0) is 7.05 Å². The van der Waals surface area contributed by atoms with Crippen LogP contribution in [0.25, 0.3) is 11.3 Å². The number of imidazole rings is 1. The Morgan fingerprint density at radius 3 is 2.67 bits per heavy atom. The van der Waals surface area contributed by atoms with Gasteiger partial charge in [0, 0.05) is 18.5 Å². The first-order valence-corrected chi connectivity index (χ1v) is 7.70. The monoisotopic (exact) mass is 351 g/mol. The summed E-state index contributed by atoms with van der Waals surface area (Å²) in [6.07, 6.45) is 0.